The summed E-state index contributed by atoms with van der Waals surface area (Å²) in [5, 5.41) is 2.23. The van der Waals surface area contributed by atoms with Crippen LogP contribution in [0, 0.1) is 5.92 Å². The molecular weight excluding hydrogens is 324 g/mol. The van der Waals surface area contributed by atoms with Crippen molar-refractivity contribution in [1.82, 2.24) is 9.80 Å². The number of rotatable bonds is 5. The number of hydrogen-bond donors (Lipinski definition) is 0. The molecule has 1 heterocycles. The molecule has 26 heavy (non-hydrogen) atoms. The molecule has 0 spiro atoms. The number of likely N-dealkylation sites (tertiary alicyclic amines) is 1. The molecular formula is C22H28N2O2. The van der Waals surface area contributed by atoms with Crippen molar-refractivity contribution < 1.29 is 9.59 Å². The van der Waals surface area contributed by atoms with Crippen molar-refractivity contribution in [2.24, 2.45) is 5.92 Å². The number of carbonyl (C=O) groups excluding carboxylic acids is 2. The average molecular weight is 352 g/mol. The molecule has 3 rings (SSSR count). The first-order valence-electron chi connectivity index (χ1n) is 9.63. The van der Waals surface area contributed by atoms with Crippen LogP contribution in [0.25, 0.3) is 10.8 Å². The third-order valence-corrected chi connectivity index (χ3v) is 5.35. The molecule has 138 valence electrons. The maximum Gasteiger partial charge on any atom is 0.253 e. The number of nitrogens with zero attached hydrogens (tertiary/aromatic N) is 2. The topological polar surface area (TPSA) is 40.6 Å². The Labute approximate surface area is 155 Å². The fourth-order valence-corrected chi connectivity index (χ4v) is 3.65. The van der Waals surface area contributed by atoms with E-state index in [2.05, 4.69) is 13.0 Å². The third-order valence-electron chi connectivity index (χ3n) is 5.35. The van der Waals surface area contributed by atoms with Crippen molar-refractivity contribution in [2.75, 3.05) is 26.7 Å². The molecule has 0 atom stereocenters. The second-order valence-electron chi connectivity index (χ2n) is 7.24. The number of benzene rings is 2. The minimum Gasteiger partial charge on any atom is -0.346 e. The van der Waals surface area contributed by atoms with E-state index in [1.807, 2.05) is 53.2 Å². The lowest BCUT2D eigenvalue weighted by Crippen LogP contribution is -2.43. The summed E-state index contributed by atoms with van der Waals surface area (Å²) >= 11 is 0. The van der Waals surface area contributed by atoms with Gasteiger partial charge in [0.1, 0.15) is 0 Å². The minimum absolute atomic E-state index is 0.0532. The molecule has 2 aromatic carbocycles. The van der Waals surface area contributed by atoms with E-state index in [0.717, 1.165) is 48.6 Å². The highest BCUT2D eigenvalue weighted by molar-refractivity contribution is 5.98. The highest BCUT2D eigenvalue weighted by Crippen LogP contribution is 2.22. The van der Waals surface area contributed by atoms with Crippen molar-refractivity contribution in [3.63, 3.8) is 0 Å². The predicted molar refractivity (Wildman–Crippen MR) is 105 cm³/mol. The van der Waals surface area contributed by atoms with E-state index in [1.54, 1.807) is 0 Å². The van der Waals surface area contributed by atoms with Crippen LogP contribution in [0.4, 0.5) is 0 Å². The SMILES string of the molecule is CCCCN(C)C(=O)C1CCN(C(=O)c2ccc3ccccc3c2)CC1. The van der Waals surface area contributed by atoms with E-state index in [0.29, 0.717) is 13.1 Å². The zero-order valence-electron chi connectivity index (χ0n) is 15.8. The number of hydrogen-bond acceptors (Lipinski definition) is 2. The van der Waals surface area contributed by atoms with Gasteiger partial charge in [0.25, 0.3) is 5.91 Å². The van der Waals surface area contributed by atoms with Gasteiger partial charge in [0, 0.05) is 38.2 Å². The molecule has 0 saturated carbocycles. The summed E-state index contributed by atoms with van der Waals surface area (Å²) in [5.41, 5.74) is 0.730. The van der Waals surface area contributed by atoms with Gasteiger partial charge < -0.3 is 9.80 Å². The van der Waals surface area contributed by atoms with Gasteiger partial charge in [0.15, 0.2) is 0 Å². The fourth-order valence-electron chi connectivity index (χ4n) is 3.65. The van der Waals surface area contributed by atoms with Gasteiger partial charge in [-0.1, -0.05) is 43.7 Å². The molecule has 0 radical (unpaired) electrons. The maximum atomic E-state index is 12.8. The minimum atomic E-state index is 0.0532. The maximum absolute atomic E-state index is 12.8. The van der Waals surface area contributed by atoms with Gasteiger partial charge in [-0.15, -0.1) is 0 Å². The third kappa shape index (κ3) is 4.06. The van der Waals surface area contributed by atoms with E-state index in [-0.39, 0.29) is 17.7 Å². The normalized spacial score (nSPS) is 15.2. The van der Waals surface area contributed by atoms with Crippen LogP contribution >= 0.6 is 0 Å². The Bertz CT molecular complexity index is 779. The van der Waals surface area contributed by atoms with Gasteiger partial charge in [-0.25, -0.2) is 0 Å². The fraction of sp³-hybridized carbons (Fsp3) is 0.455. The van der Waals surface area contributed by atoms with E-state index in [4.69, 9.17) is 0 Å². The van der Waals surface area contributed by atoms with Crippen molar-refractivity contribution in [1.29, 1.82) is 0 Å². The smallest absolute Gasteiger partial charge is 0.253 e. The number of carbonyl (C=O) groups is 2. The van der Waals surface area contributed by atoms with Crippen LogP contribution < -0.4 is 0 Å². The lowest BCUT2D eigenvalue weighted by molar-refractivity contribution is -0.135. The zero-order chi connectivity index (χ0) is 18.5. The van der Waals surface area contributed by atoms with Gasteiger partial charge in [0.05, 0.1) is 0 Å². The van der Waals surface area contributed by atoms with Crippen LogP contribution in [0.3, 0.4) is 0 Å². The Hall–Kier alpha value is -2.36. The molecule has 1 fully saturated rings. The summed E-state index contributed by atoms with van der Waals surface area (Å²) in [6.45, 7) is 4.27. The first-order valence-corrected chi connectivity index (χ1v) is 9.63. The van der Waals surface area contributed by atoms with Crippen molar-refractivity contribution >= 4 is 22.6 Å². The second kappa shape index (κ2) is 8.35. The van der Waals surface area contributed by atoms with Crippen molar-refractivity contribution in [3.8, 4) is 0 Å². The standard InChI is InChI=1S/C22H28N2O2/c1-3-4-13-23(2)21(25)18-11-14-24(15-12-18)22(26)20-10-9-17-7-5-6-8-19(17)16-20/h5-10,16,18H,3-4,11-15H2,1-2H3. The monoisotopic (exact) mass is 352 g/mol. The summed E-state index contributed by atoms with van der Waals surface area (Å²) in [6, 6.07) is 13.9. The summed E-state index contributed by atoms with van der Waals surface area (Å²) in [6.07, 6.45) is 3.65. The zero-order valence-corrected chi connectivity index (χ0v) is 15.8. The Morgan fingerprint density at radius 3 is 2.46 bits per heavy atom. The van der Waals surface area contributed by atoms with Crippen LogP contribution in [0.5, 0.6) is 0 Å². The van der Waals surface area contributed by atoms with Crippen LogP contribution in [0.1, 0.15) is 43.0 Å². The number of amides is 2. The van der Waals surface area contributed by atoms with Crippen LogP contribution in [0.15, 0.2) is 42.5 Å². The Morgan fingerprint density at radius 2 is 1.77 bits per heavy atom. The van der Waals surface area contributed by atoms with Crippen LogP contribution in [-0.2, 0) is 4.79 Å². The van der Waals surface area contributed by atoms with E-state index >= 15 is 0 Å². The number of unbranched alkanes of at least 4 members (excludes halogenated alkanes) is 1. The number of fused-ring (bicyclic) bond motifs is 1. The quantitative estimate of drug-likeness (QED) is 0.817. The van der Waals surface area contributed by atoms with Crippen LogP contribution in [-0.4, -0.2) is 48.3 Å². The average Bonchev–Trinajstić information content (AvgIpc) is 2.70. The molecule has 0 bridgehead atoms. The molecule has 0 N–H and O–H groups in total. The first kappa shape index (κ1) is 18.4. The Morgan fingerprint density at radius 1 is 1.08 bits per heavy atom. The summed E-state index contributed by atoms with van der Waals surface area (Å²) < 4.78 is 0. The Kier molecular flexibility index (Phi) is 5.92. The van der Waals surface area contributed by atoms with E-state index < -0.39 is 0 Å². The van der Waals surface area contributed by atoms with Gasteiger partial charge in [-0.05, 0) is 42.2 Å². The van der Waals surface area contributed by atoms with Crippen molar-refractivity contribution in [2.45, 2.75) is 32.6 Å². The first-order chi connectivity index (χ1) is 12.6. The molecule has 4 nitrogen and oxygen atoms in total. The van der Waals surface area contributed by atoms with Gasteiger partial charge in [-0.2, -0.15) is 0 Å². The molecule has 1 saturated heterocycles. The summed E-state index contributed by atoms with van der Waals surface area (Å²) in [7, 11) is 1.89. The largest absolute Gasteiger partial charge is 0.346 e. The predicted octanol–water partition coefficient (Wildman–Crippen LogP) is 3.95. The highest BCUT2D eigenvalue weighted by Gasteiger charge is 2.29. The van der Waals surface area contributed by atoms with Gasteiger partial charge >= 0.3 is 0 Å². The summed E-state index contributed by atoms with van der Waals surface area (Å²) in [4.78, 5) is 29.1. The molecule has 0 unspecified atom stereocenters. The molecule has 2 aromatic rings. The second-order valence-corrected chi connectivity index (χ2v) is 7.24. The molecule has 0 aromatic heterocycles. The summed E-state index contributed by atoms with van der Waals surface area (Å²) in [5.74, 6) is 0.356. The molecule has 1 aliphatic heterocycles. The number of piperidine rings is 1. The highest BCUT2D eigenvalue weighted by atomic mass is 16.2. The molecule has 2 amide bonds. The van der Waals surface area contributed by atoms with Crippen LogP contribution in [0.2, 0.25) is 0 Å². The molecule has 4 heteroatoms. The van der Waals surface area contributed by atoms with E-state index in [1.165, 1.54) is 0 Å². The van der Waals surface area contributed by atoms with E-state index in [9.17, 15) is 9.59 Å². The van der Waals surface area contributed by atoms with Gasteiger partial charge in [-0.3, -0.25) is 9.59 Å². The molecule has 1 aliphatic rings. The lowest BCUT2D eigenvalue weighted by atomic mass is 9.94. The lowest BCUT2D eigenvalue weighted by Gasteiger charge is -2.33. The Balaban J connectivity index is 1.60. The van der Waals surface area contributed by atoms with Crippen molar-refractivity contribution in [3.05, 3.63) is 48.0 Å². The van der Waals surface area contributed by atoms with Gasteiger partial charge in [0.2, 0.25) is 5.91 Å². The molecule has 0 aliphatic carbocycles.